The summed E-state index contributed by atoms with van der Waals surface area (Å²) in [5.74, 6) is 0.0318. The molecule has 0 unspecified atom stereocenters. The van der Waals surface area contributed by atoms with E-state index in [-0.39, 0.29) is 5.75 Å². The van der Waals surface area contributed by atoms with Crippen molar-refractivity contribution in [2.24, 2.45) is 7.05 Å². The van der Waals surface area contributed by atoms with Crippen LogP contribution < -0.4 is 9.79 Å². The number of aromatic nitrogens is 2. The lowest BCUT2D eigenvalue weighted by Gasteiger charge is -2.08. The Labute approximate surface area is 82.6 Å². The molecule has 1 heterocycles. The van der Waals surface area contributed by atoms with E-state index in [4.69, 9.17) is 0 Å². The molecule has 0 aliphatic carbocycles. The van der Waals surface area contributed by atoms with Gasteiger partial charge in [0.05, 0.1) is 0 Å². The van der Waals surface area contributed by atoms with Gasteiger partial charge >= 0.3 is 0 Å². The van der Waals surface area contributed by atoms with Crippen LogP contribution in [0.2, 0.25) is 0 Å². The highest BCUT2D eigenvalue weighted by atomic mass is 16.3. The number of hydrogen-bond acceptors (Lipinski definition) is 2. The third-order valence-electron chi connectivity index (χ3n) is 2.27. The molecule has 0 N–H and O–H groups in total. The molecule has 0 atom stereocenters. The molecular weight excluding hydrogens is 176 g/mol. The molecule has 3 nitrogen and oxygen atoms in total. The average molecular weight is 188 g/mol. The van der Waals surface area contributed by atoms with E-state index in [0.717, 1.165) is 16.6 Å². The summed E-state index contributed by atoms with van der Waals surface area (Å²) in [7, 11) is 1.76. The Balaban J connectivity index is 2.94. The summed E-state index contributed by atoms with van der Waals surface area (Å²) in [6, 6.07) is 3.92. The molecule has 0 radical (unpaired) electrons. The zero-order chi connectivity index (χ0) is 10.3. The van der Waals surface area contributed by atoms with Crippen LogP contribution in [0.25, 0.3) is 10.9 Å². The van der Waals surface area contributed by atoms with Gasteiger partial charge < -0.3 is 5.11 Å². The maximum Gasteiger partial charge on any atom is 0.188 e. The molecule has 0 aliphatic heterocycles. The summed E-state index contributed by atoms with van der Waals surface area (Å²) >= 11 is 0. The minimum atomic E-state index is 0.0318. The molecule has 2 aromatic rings. The minimum absolute atomic E-state index is 0.0318. The maximum atomic E-state index is 11.6. The number of fused-ring (bicyclic) bond motifs is 1. The zero-order valence-electron chi connectivity index (χ0n) is 8.53. The lowest BCUT2D eigenvalue weighted by Crippen LogP contribution is -2.33. The highest BCUT2D eigenvalue weighted by Gasteiger charge is 2.06. The van der Waals surface area contributed by atoms with Gasteiger partial charge in [-0.25, -0.2) is 0 Å². The smallest absolute Gasteiger partial charge is 0.188 e. The Morgan fingerprint density at radius 3 is 2.71 bits per heavy atom. The van der Waals surface area contributed by atoms with Crippen molar-refractivity contribution < 1.29 is 9.79 Å². The van der Waals surface area contributed by atoms with Crippen LogP contribution >= 0.6 is 0 Å². The fraction of sp³-hybridized carbons (Fsp3) is 0.273. The number of rotatable bonds is 0. The van der Waals surface area contributed by atoms with Crippen LogP contribution in [0, 0.1) is 13.8 Å². The predicted molar refractivity (Wildman–Crippen MR) is 51.8 cm³/mol. The fourth-order valence-corrected chi connectivity index (χ4v) is 1.71. The van der Waals surface area contributed by atoms with E-state index in [1.165, 1.54) is 6.20 Å². The van der Waals surface area contributed by atoms with Crippen LogP contribution in [0.15, 0.2) is 18.3 Å². The molecule has 0 saturated carbocycles. The first-order valence-corrected chi connectivity index (χ1v) is 4.53. The first-order chi connectivity index (χ1) is 6.58. The van der Waals surface area contributed by atoms with Crippen molar-refractivity contribution in [2.75, 3.05) is 0 Å². The van der Waals surface area contributed by atoms with Gasteiger partial charge in [-0.15, -0.1) is 0 Å². The molecular formula is C11H12N2O. The number of benzene rings is 1. The second kappa shape index (κ2) is 2.94. The molecule has 2 rings (SSSR count). The van der Waals surface area contributed by atoms with E-state index < -0.39 is 0 Å². The predicted octanol–water partition coefficient (Wildman–Crippen LogP) is 0.750. The quantitative estimate of drug-likeness (QED) is 0.572. The molecule has 1 aromatic heterocycles. The minimum Gasteiger partial charge on any atom is -0.868 e. The Bertz CT molecular complexity index is 459. The van der Waals surface area contributed by atoms with Crippen molar-refractivity contribution in [3.05, 3.63) is 29.5 Å². The van der Waals surface area contributed by atoms with E-state index in [0.29, 0.717) is 5.39 Å². The lowest BCUT2D eigenvalue weighted by atomic mass is 10.1. The van der Waals surface area contributed by atoms with Gasteiger partial charge in [0.15, 0.2) is 13.2 Å². The van der Waals surface area contributed by atoms with Crippen molar-refractivity contribution in [2.45, 2.75) is 13.8 Å². The van der Waals surface area contributed by atoms with Gasteiger partial charge in [-0.2, -0.15) is 0 Å². The summed E-state index contributed by atoms with van der Waals surface area (Å²) < 4.78 is 1.56. The second-order valence-electron chi connectivity index (χ2n) is 3.65. The van der Waals surface area contributed by atoms with Crippen LogP contribution in [-0.2, 0) is 7.05 Å². The van der Waals surface area contributed by atoms with Gasteiger partial charge in [0, 0.05) is 10.5 Å². The van der Waals surface area contributed by atoms with Gasteiger partial charge in [-0.05, 0) is 25.2 Å². The van der Waals surface area contributed by atoms with Crippen LogP contribution in [0.1, 0.15) is 11.1 Å². The molecule has 0 amide bonds. The number of hydrogen-bond donors (Lipinski definition) is 0. The van der Waals surface area contributed by atoms with Crippen molar-refractivity contribution in [3.63, 3.8) is 0 Å². The van der Waals surface area contributed by atoms with E-state index in [2.05, 4.69) is 5.10 Å². The Kier molecular flexibility index (Phi) is 1.88. The normalized spacial score (nSPS) is 10.8. The lowest BCUT2D eigenvalue weighted by molar-refractivity contribution is -0.730. The summed E-state index contributed by atoms with van der Waals surface area (Å²) in [5, 5.41) is 16.6. The van der Waals surface area contributed by atoms with Gasteiger partial charge in [0.25, 0.3) is 0 Å². The Morgan fingerprint density at radius 2 is 2.00 bits per heavy atom. The van der Waals surface area contributed by atoms with E-state index in [1.54, 1.807) is 11.7 Å². The fourth-order valence-electron chi connectivity index (χ4n) is 1.71. The van der Waals surface area contributed by atoms with Gasteiger partial charge in [0.1, 0.15) is 5.52 Å². The van der Waals surface area contributed by atoms with E-state index in [1.807, 2.05) is 26.0 Å². The van der Waals surface area contributed by atoms with Crippen LogP contribution in [0.4, 0.5) is 0 Å². The highest BCUT2D eigenvalue weighted by Crippen LogP contribution is 2.22. The van der Waals surface area contributed by atoms with Gasteiger partial charge in [-0.3, -0.25) is 0 Å². The molecule has 0 saturated heterocycles. The van der Waals surface area contributed by atoms with Crippen molar-refractivity contribution in [3.8, 4) is 5.75 Å². The first-order valence-electron chi connectivity index (χ1n) is 4.53. The average Bonchev–Trinajstić information content (AvgIpc) is 2.07. The maximum absolute atomic E-state index is 11.6. The molecule has 0 bridgehead atoms. The summed E-state index contributed by atoms with van der Waals surface area (Å²) in [6.07, 6.45) is 1.50. The molecule has 3 heteroatoms. The summed E-state index contributed by atoms with van der Waals surface area (Å²) in [4.78, 5) is 0. The molecule has 0 spiro atoms. The topological polar surface area (TPSA) is 39.8 Å². The number of aryl methyl sites for hydroxylation is 3. The van der Waals surface area contributed by atoms with Crippen LogP contribution in [-0.4, -0.2) is 5.10 Å². The summed E-state index contributed by atoms with van der Waals surface area (Å²) in [5.41, 5.74) is 2.95. The molecule has 14 heavy (non-hydrogen) atoms. The van der Waals surface area contributed by atoms with Crippen LogP contribution in [0.5, 0.6) is 5.75 Å². The Morgan fingerprint density at radius 1 is 1.29 bits per heavy atom. The largest absolute Gasteiger partial charge is 0.868 e. The third kappa shape index (κ3) is 1.31. The monoisotopic (exact) mass is 188 g/mol. The molecule has 72 valence electrons. The van der Waals surface area contributed by atoms with Gasteiger partial charge in [-0.1, -0.05) is 22.4 Å². The van der Waals surface area contributed by atoms with Crippen molar-refractivity contribution in [1.82, 2.24) is 5.10 Å². The zero-order valence-corrected chi connectivity index (χ0v) is 8.53. The molecule has 0 fully saturated rings. The summed E-state index contributed by atoms with van der Waals surface area (Å²) in [6.45, 7) is 3.96. The highest BCUT2D eigenvalue weighted by molar-refractivity contribution is 5.86. The van der Waals surface area contributed by atoms with Gasteiger partial charge in [0.2, 0.25) is 0 Å². The van der Waals surface area contributed by atoms with Crippen molar-refractivity contribution >= 4 is 10.9 Å². The second-order valence-corrected chi connectivity index (χ2v) is 3.65. The van der Waals surface area contributed by atoms with E-state index >= 15 is 0 Å². The van der Waals surface area contributed by atoms with Crippen LogP contribution in [0.3, 0.4) is 0 Å². The van der Waals surface area contributed by atoms with E-state index in [9.17, 15) is 5.11 Å². The molecule has 0 aliphatic rings. The Hall–Kier alpha value is -1.64. The molecule has 1 aromatic carbocycles. The van der Waals surface area contributed by atoms with Crippen molar-refractivity contribution in [1.29, 1.82) is 0 Å². The number of nitrogens with zero attached hydrogens (tertiary/aromatic N) is 2. The third-order valence-corrected chi connectivity index (χ3v) is 2.27. The first kappa shape index (κ1) is 8.94. The SMILES string of the molecule is Cc1cc(C)c2n[n+](C)cc([O-])c2c1. The standard InChI is InChI=1S/C11H12N2O/c1-7-4-8(2)11-9(5-7)10(14)6-13(3)12-11/h4-6H,1-3H3.